The van der Waals surface area contributed by atoms with Crippen molar-refractivity contribution in [1.29, 1.82) is 0 Å². The number of carbonyl (C=O) groups is 2. The fourth-order valence-electron chi connectivity index (χ4n) is 3.03. The van der Waals surface area contributed by atoms with Gasteiger partial charge in [-0.05, 0) is 49.2 Å². The summed E-state index contributed by atoms with van der Waals surface area (Å²) < 4.78 is 25.1. The van der Waals surface area contributed by atoms with Crippen LogP contribution in [-0.4, -0.2) is 26.0 Å². The smallest absolute Gasteiger partial charge is 0.255 e. The van der Waals surface area contributed by atoms with Crippen LogP contribution in [0.2, 0.25) is 0 Å². The van der Waals surface area contributed by atoms with Gasteiger partial charge in [-0.3, -0.25) is 9.59 Å². The molecule has 0 radical (unpaired) electrons. The quantitative estimate of drug-likeness (QED) is 0.898. The second kappa shape index (κ2) is 6.57. The van der Waals surface area contributed by atoms with E-state index in [1.807, 2.05) is 32.0 Å². The first-order valence-electron chi connectivity index (χ1n) is 8.25. The normalized spacial score (nSPS) is 18.8. The molecule has 0 aliphatic carbocycles. The molecule has 2 aromatic rings. The SMILES string of the molecule is Cc1cccc(C)c1NC(=O)c1ccc(N2C(=O)[C@@H](C)CS2(=O)=O)cc1. The number of anilines is 2. The predicted octanol–water partition coefficient (Wildman–Crippen LogP) is 2.87. The third kappa shape index (κ3) is 3.22. The molecule has 0 aromatic heterocycles. The van der Waals surface area contributed by atoms with Crippen molar-refractivity contribution in [3.63, 3.8) is 0 Å². The first-order chi connectivity index (χ1) is 12.2. The van der Waals surface area contributed by atoms with Crippen LogP contribution in [0.1, 0.15) is 28.4 Å². The number of nitrogens with zero attached hydrogens (tertiary/aromatic N) is 1. The highest BCUT2D eigenvalue weighted by molar-refractivity contribution is 7.94. The zero-order chi connectivity index (χ0) is 19.1. The zero-order valence-electron chi connectivity index (χ0n) is 14.8. The molecule has 1 N–H and O–H groups in total. The number of para-hydroxylation sites is 1. The molecule has 0 unspecified atom stereocenters. The van der Waals surface area contributed by atoms with Crippen molar-refractivity contribution in [3.05, 3.63) is 59.2 Å². The monoisotopic (exact) mass is 372 g/mol. The van der Waals surface area contributed by atoms with Gasteiger partial charge in [0.05, 0.1) is 17.4 Å². The predicted molar refractivity (Wildman–Crippen MR) is 101 cm³/mol. The summed E-state index contributed by atoms with van der Waals surface area (Å²) in [7, 11) is -3.65. The first kappa shape index (κ1) is 18.1. The van der Waals surface area contributed by atoms with Crippen molar-refractivity contribution in [2.75, 3.05) is 15.4 Å². The van der Waals surface area contributed by atoms with E-state index >= 15 is 0 Å². The molecule has 3 rings (SSSR count). The van der Waals surface area contributed by atoms with Crippen LogP contribution in [0.15, 0.2) is 42.5 Å². The Morgan fingerprint density at radius 1 is 1.08 bits per heavy atom. The van der Waals surface area contributed by atoms with E-state index in [9.17, 15) is 18.0 Å². The number of nitrogens with one attached hydrogen (secondary N) is 1. The number of aryl methyl sites for hydroxylation is 2. The fraction of sp³-hybridized carbons (Fsp3) is 0.263. The summed E-state index contributed by atoms with van der Waals surface area (Å²) in [4.78, 5) is 24.6. The highest BCUT2D eigenvalue weighted by atomic mass is 32.2. The maximum absolute atomic E-state index is 12.5. The van der Waals surface area contributed by atoms with Crippen molar-refractivity contribution < 1.29 is 18.0 Å². The third-order valence-corrected chi connectivity index (χ3v) is 6.31. The van der Waals surface area contributed by atoms with E-state index in [1.165, 1.54) is 24.3 Å². The van der Waals surface area contributed by atoms with Gasteiger partial charge in [0.15, 0.2) is 0 Å². The molecule has 0 saturated carbocycles. The Balaban J connectivity index is 1.84. The molecule has 1 aliphatic rings. The van der Waals surface area contributed by atoms with Gasteiger partial charge in [-0.25, -0.2) is 12.7 Å². The number of benzene rings is 2. The standard InChI is InChI=1S/C19H20N2O4S/c1-12-5-4-6-13(2)17(12)20-18(22)15-7-9-16(10-8-15)21-19(23)14(3)11-26(21,24)25/h4-10,14H,11H2,1-3H3,(H,20,22)/t14-/m0/s1. The number of sulfonamides is 1. The molecule has 1 atom stereocenters. The highest BCUT2D eigenvalue weighted by Crippen LogP contribution is 2.28. The minimum absolute atomic E-state index is 0.194. The largest absolute Gasteiger partial charge is 0.322 e. The molecule has 0 spiro atoms. The van der Waals surface area contributed by atoms with Gasteiger partial charge in [0.25, 0.3) is 5.91 Å². The van der Waals surface area contributed by atoms with Gasteiger partial charge < -0.3 is 5.32 Å². The van der Waals surface area contributed by atoms with Gasteiger partial charge in [0.1, 0.15) is 0 Å². The van der Waals surface area contributed by atoms with Crippen LogP contribution >= 0.6 is 0 Å². The summed E-state index contributed by atoms with van der Waals surface area (Å²) in [5.74, 6) is -1.50. The minimum atomic E-state index is -3.65. The Kier molecular flexibility index (Phi) is 4.58. The van der Waals surface area contributed by atoms with Crippen molar-refractivity contribution >= 4 is 33.2 Å². The molecule has 2 aromatic carbocycles. The van der Waals surface area contributed by atoms with Gasteiger partial charge in [-0.2, -0.15) is 0 Å². The Labute approximate surface area is 152 Å². The molecule has 2 amide bonds. The number of hydrogen-bond acceptors (Lipinski definition) is 4. The van der Waals surface area contributed by atoms with E-state index in [4.69, 9.17) is 0 Å². The lowest BCUT2D eigenvalue weighted by Gasteiger charge is -2.16. The molecular formula is C19H20N2O4S. The van der Waals surface area contributed by atoms with E-state index in [1.54, 1.807) is 6.92 Å². The van der Waals surface area contributed by atoms with Gasteiger partial charge >= 0.3 is 0 Å². The average molecular weight is 372 g/mol. The van der Waals surface area contributed by atoms with E-state index in [-0.39, 0.29) is 17.3 Å². The Morgan fingerprint density at radius 2 is 1.65 bits per heavy atom. The van der Waals surface area contributed by atoms with Crippen LogP contribution in [0.3, 0.4) is 0 Å². The third-order valence-electron chi connectivity index (χ3n) is 4.44. The van der Waals surface area contributed by atoms with Crippen molar-refractivity contribution in [2.24, 2.45) is 5.92 Å². The molecule has 6 nitrogen and oxygen atoms in total. The van der Waals surface area contributed by atoms with Gasteiger partial charge in [0, 0.05) is 11.3 Å². The van der Waals surface area contributed by atoms with Gasteiger partial charge in [-0.15, -0.1) is 0 Å². The van der Waals surface area contributed by atoms with Crippen LogP contribution in [-0.2, 0) is 14.8 Å². The summed E-state index contributed by atoms with van der Waals surface area (Å²) in [6.45, 7) is 5.42. The zero-order valence-corrected chi connectivity index (χ0v) is 15.6. The van der Waals surface area contributed by atoms with Crippen LogP contribution in [0.25, 0.3) is 0 Å². The van der Waals surface area contributed by atoms with Crippen LogP contribution in [0.4, 0.5) is 11.4 Å². The number of carbonyl (C=O) groups excluding carboxylic acids is 2. The van der Waals surface area contributed by atoms with E-state index < -0.39 is 21.8 Å². The Morgan fingerprint density at radius 3 is 2.15 bits per heavy atom. The summed E-state index contributed by atoms with van der Waals surface area (Å²) in [6.07, 6.45) is 0. The van der Waals surface area contributed by atoms with Crippen molar-refractivity contribution in [3.8, 4) is 0 Å². The molecule has 0 bridgehead atoms. The van der Waals surface area contributed by atoms with Crippen LogP contribution in [0, 0.1) is 19.8 Å². The van der Waals surface area contributed by atoms with Crippen molar-refractivity contribution in [2.45, 2.75) is 20.8 Å². The lowest BCUT2D eigenvalue weighted by Crippen LogP contribution is -2.30. The maximum atomic E-state index is 12.5. The first-order valence-corrected chi connectivity index (χ1v) is 9.86. The molecule has 136 valence electrons. The molecule has 1 fully saturated rings. The second-order valence-electron chi connectivity index (χ2n) is 6.55. The van der Waals surface area contributed by atoms with Gasteiger partial charge in [-0.1, -0.05) is 25.1 Å². The van der Waals surface area contributed by atoms with Crippen LogP contribution < -0.4 is 9.62 Å². The molecule has 1 heterocycles. The summed E-state index contributed by atoms with van der Waals surface area (Å²) in [5.41, 5.74) is 3.31. The molecule has 1 saturated heterocycles. The number of amides is 2. The lowest BCUT2D eigenvalue weighted by atomic mass is 10.1. The fourth-order valence-corrected chi connectivity index (χ4v) is 4.85. The summed E-state index contributed by atoms with van der Waals surface area (Å²) >= 11 is 0. The maximum Gasteiger partial charge on any atom is 0.255 e. The number of hydrogen-bond donors (Lipinski definition) is 1. The minimum Gasteiger partial charge on any atom is -0.322 e. The molecule has 7 heteroatoms. The second-order valence-corrected chi connectivity index (χ2v) is 8.41. The van der Waals surface area contributed by atoms with E-state index in [0.29, 0.717) is 5.56 Å². The summed E-state index contributed by atoms with van der Waals surface area (Å²) in [6, 6.07) is 11.7. The van der Waals surface area contributed by atoms with Crippen LogP contribution in [0.5, 0.6) is 0 Å². The molecular weight excluding hydrogens is 352 g/mol. The summed E-state index contributed by atoms with van der Waals surface area (Å²) in [5, 5.41) is 2.88. The molecule has 26 heavy (non-hydrogen) atoms. The van der Waals surface area contributed by atoms with Gasteiger partial charge in [0.2, 0.25) is 15.9 Å². The average Bonchev–Trinajstić information content (AvgIpc) is 2.78. The Bertz CT molecular complexity index is 961. The highest BCUT2D eigenvalue weighted by Gasteiger charge is 2.41. The van der Waals surface area contributed by atoms with E-state index in [0.717, 1.165) is 21.1 Å². The topological polar surface area (TPSA) is 83.6 Å². The number of rotatable bonds is 3. The van der Waals surface area contributed by atoms with Crippen molar-refractivity contribution in [1.82, 2.24) is 0 Å². The molecule has 1 aliphatic heterocycles. The lowest BCUT2D eigenvalue weighted by molar-refractivity contribution is -0.119. The van der Waals surface area contributed by atoms with E-state index in [2.05, 4.69) is 5.32 Å². The Hall–Kier alpha value is -2.67.